The van der Waals surface area contributed by atoms with Crippen LogP contribution in [0.15, 0.2) is 36.4 Å². The number of amides is 3. The third-order valence-corrected chi connectivity index (χ3v) is 6.28. The summed E-state index contributed by atoms with van der Waals surface area (Å²) in [4.78, 5) is 29.2. The van der Waals surface area contributed by atoms with Crippen LogP contribution in [0.5, 0.6) is 0 Å². The second-order valence-electron chi connectivity index (χ2n) is 7.85. The minimum absolute atomic E-state index is 0.0208. The molecule has 0 aromatic heterocycles. The van der Waals surface area contributed by atoms with Gasteiger partial charge in [-0.15, -0.1) is 0 Å². The topological polar surface area (TPSA) is 52.7 Å². The van der Waals surface area contributed by atoms with Gasteiger partial charge in [0.25, 0.3) is 5.91 Å². The molecule has 1 N–H and O–H groups in total. The second-order valence-corrected chi connectivity index (χ2v) is 7.85. The summed E-state index contributed by atoms with van der Waals surface area (Å²) in [6.45, 7) is 4.11. The fraction of sp³-hybridized carbons (Fsp3) is 0.524. The molecule has 2 atom stereocenters. The van der Waals surface area contributed by atoms with E-state index >= 15 is 0 Å². The molecular formula is C21H27N3O2. The Morgan fingerprint density at radius 3 is 2.69 bits per heavy atom. The van der Waals surface area contributed by atoms with Gasteiger partial charge in [-0.1, -0.05) is 56.2 Å². The summed E-state index contributed by atoms with van der Waals surface area (Å²) in [6, 6.07) is 10.2. The minimum Gasteiger partial charge on any atom is -0.323 e. The van der Waals surface area contributed by atoms with E-state index in [1.165, 1.54) is 16.0 Å². The van der Waals surface area contributed by atoms with Crippen molar-refractivity contribution in [3.05, 3.63) is 42.0 Å². The molecule has 3 amide bonds. The van der Waals surface area contributed by atoms with Gasteiger partial charge in [0.2, 0.25) is 0 Å². The molecule has 26 heavy (non-hydrogen) atoms. The van der Waals surface area contributed by atoms with Gasteiger partial charge in [-0.05, 0) is 36.3 Å². The molecular weight excluding hydrogens is 326 g/mol. The molecule has 2 heterocycles. The number of hydrogen-bond donors (Lipinski definition) is 1. The standard InChI is InChI=1S/C21H27N3O2/c1-16-7-5-6-12-21(16)19(25)24(20(26)22-21)15-23-13-10-18(11-14-23)17-8-3-2-4-9-17/h2-4,8-10,16H,5-7,11-15H2,1H3,(H,22,26)/t16-,21+/m0/s1. The van der Waals surface area contributed by atoms with Gasteiger partial charge in [0, 0.05) is 13.1 Å². The number of benzene rings is 1. The number of imide groups is 1. The summed E-state index contributed by atoms with van der Waals surface area (Å²) in [5, 5.41) is 3.04. The van der Waals surface area contributed by atoms with Crippen LogP contribution in [0.25, 0.3) is 5.57 Å². The number of carbonyl (C=O) groups excluding carboxylic acids is 2. The van der Waals surface area contributed by atoms with E-state index in [9.17, 15) is 9.59 Å². The lowest BCUT2D eigenvalue weighted by molar-refractivity contribution is -0.135. The van der Waals surface area contributed by atoms with Crippen LogP contribution in [0, 0.1) is 5.92 Å². The Morgan fingerprint density at radius 1 is 1.19 bits per heavy atom. The lowest BCUT2D eigenvalue weighted by Crippen LogP contribution is -2.54. The molecule has 0 radical (unpaired) electrons. The van der Waals surface area contributed by atoms with E-state index < -0.39 is 5.54 Å². The van der Waals surface area contributed by atoms with E-state index in [1.54, 1.807) is 0 Å². The largest absolute Gasteiger partial charge is 0.326 e. The number of nitrogens with zero attached hydrogens (tertiary/aromatic N) is 2. The van der Waals surface area contributed by atoms with E-state index in [0.29, 0.717) is 6.67 Å². The van der Waals surface area contributed by atoms with Crippen molar-refractivity contribution in [2.24, 2.45) is 5.92 Å². The van der Waals surface area contributed by atoms with Gasteiger partial charge < -0.3 is 5.32 Å². The van der Waals surface area contributed by atoms with Gasteiger partial charge >= 0.3 is 6.03 Å². The van der Waals surface area contributed by atoms with Crippen molar-refractivity contribution >= 4 is 17.5 Å². The third kappa shape index (κ3) is 2.94. The maximum Gasteiger partial charge on any atom is 0.326 e. The Kier molecular flexibility index (Phi) is 4.57. The van der Waals surface area contributed by atoms with Crippen molar-refractivity contribution in [3.63, 3.8) is 0 Å². The van der Waals surface area contributed by atoms with Crippen molar-refractivity contribution in [1.82, 2.24) is 15.1 Å². The first-order chi connectivity index (χ1) is 12.6. The fourth-order valence-electron chi connectivity index (χ4n) is 4.58. The maximum atomic E-state index is 13.1. The Morgan fingerprint density at radius 2 is 2.00 bits per heavy atom. The Balaban J connectivity index is 1.43. The molecule has 5 nitrogen and oxygen atoms in total. The normalized spacial score (nSPS) is 29.8. The summed E-state index contributed by atoms with van der Waals surface area (Å²) in [5.74, 6) is 0.191. The Hall–Kier alpha value is -2.14. The average molecular weight is 353 g/mol. The molecule has 138 valence electrons. The maximum absolute atomic E-state index is 13.1. The van der Waals surface area contributed by atoms with Crippen LogP contribution < -0.4 is 5.32 Å². The van der Waals surface area contributed by atoms with Gasteiger partial charge in [-0.25, -0.2) is 9.69 Å². The van der Waals surface area contributed by atoms with Crippen LogP contribution in [0.4, 0.5) is 4.79 Å². The van der Waals surface area contributed by atoms with Gasteiger partial charge in [-0.2, -0.15) is 0 Å². The second kappa shape index (κ2) is 6.88. The van der Waals surface area contributed by atoms with Crippen LogP contribution in [-0.2, 0) is 4.79 Å². The zero-order valence-corrected chi connectivity index (χ0v) is 15.4. The summed E-state index contributed by atoms with van der Waals surface area (Å²) in [7, 11) is 0. The highest BCUT2D eigenvalue weighted by molar-refractivity contribution is 6.07. The van der Waals surface area contributed by atoms with Gasteiger partial charge in [0.05, 0.1) is 6.67 Å². The first-order valence-electron chi connectivity index (χ1n) is 9.71. The number of carbonyl (C=O) groups is 2. The van der Waals surface area contributed by atoms with Crippen molar-refractivity contribution in [3.8, 4) is 0 Å². The lowest BCUT2D eigenvalue weighted by Gasteiger charge is -2.37. The summed E-state index contributed by atoms with van der Waals surface area (Å²) in [5.41, 5.74) is 1.95. The molecule has 1 aromatic rings. The smallest absolute Gasteiger partial charge is 0.323 e. The highest BCUT2D eigenvalue weighted by Gasteiger charge is 2.55. The van der Waals surface area contributed by atoms with Crippen molar-refractivity contribution in [2.75, 3.05) is 19.8 Å². The first-order valence-corrected chi connectivity index (χ1v) is 9.71. The van der Waals surface area contributed by atoms with E-state index in [-0.39, 0.29) is 17.9 Å². The van der Waals surface area contributed by atoms with Crippen molar-refractivity contribution < 1.29 is 9.59 Å². The van der Waals surface area contributed by atoms with Crippen LogP contribution in [0.1, 0.15) is 44.6 Å². The van der Waals surface area contributed by atoms with Crippen LogP contribution in [0.3, 0.4) is 0 Å². The van der Waals surface area contributed by atoms with Crippen molar-refractivity contribution in [2.45, 2.75) is 44.6 Å². The molecule has 5 heteroatoms. The third-order valence-electron chi connectivity index (χ3n) is 6.28. The molecule has 4 rings (SSSR count). The van der Waals surface area contributed by atoms with Crippen LogP contribution >= 0.6 is 0 Å². The average Bonchev–Trinajstić information content (AvgIpc) is 2.90. The molecule has 3 aliphatic rings. The van der Waals surface area contributed by atoms with Gasteiger partial charge in [0.1, 0.15) is 5.54 Å². The van der Waals surface area contributed by atoms with E-state index in [0.717, 1.165) is 45.2 Å². The Bertz CT molecular complexity index is 730. The summed E-state index contributed by atoms with van der Waals surface area (Å²) >= 11 is 0. The number of rotatable bonds is 3. The molecule has 0 unspecified atom stereocenters. The molecule has 1 aliphatic carbocycles. The van der Waals surface area contributed by atoms with E-state index in [1.807, 2.05) is 6.07 Å². The summed E-state index contributed by atoms with van der Waals surface area (Å²) in [6.07, 6.45) is 7.09. The number of urea groups is 1. The molecule has 1 aromatic carbocycles. The predicted octanol–water partition coefficient (Wildman–Crippen LogP) is 3.23. The molecule has 2 fully saturated rings. The zero-order chi connectivity index (χ0) is 18.1. The highest BCUT2D eigenvalue weighted by Crippen LogP contribution is 2.38. The predicted molar refractivity (Wildman–Crippen MR) is 101 cm³/mol. The molecule has 1 spiro atoms. The zero-order valence-electron chi connectivity index (χ0n) is 15.4. The number of nitrogens with one attached hydrogen (secondary N) is 1. The lowest BCUT2D eigenvalue weighted by atomic mass is 9.73. The Labute approximate surface area is 155 Å². The van der Waals surface area contributed by atoms with Crippen LogP contribution in [0.2, 0.25) is 0 Å². The van der Waals surface area contributed by atoms with Crippen molar-refractivity contribution in [1.29, 1.82) is 0 Å². The van der Waals surface area contributed by atoms with Gasteiger partial charge in [-0.3, -0.25) is 9.69 Å². The quantitative estimate of drug-likeness (QED) is 0.849. The monoisotopic (exact) mass is 353 g/mol. The molecule has 1 saturated heterocycles. The SMILES string of the molecule is C[C@H]1CCCC[C@@]12NC(=O)N(CN1CC=C(c3ccccc3)CC1)C2=O. The van der Waals surface area contributed by atoms with Gasteiger partial charge in [0.15, 0.2) is 0 Å². The number of hydrogen-bond acceptors (Lipinski definition) is 3. The van der Waals surface area contributed by atoms with Crippen LogP contribution in [-0.4, -0.2) is 47.0 Å². The fourth-order valence-corrected chi connectivity index (χ4v) is 4.58. The first kappa shape index (κ1) is 17.3. The van der Waals surface area contributed by atoms with E-state index in [2.05, 4.69) is 47.5 Å². The summed E-state index contributed by atoms with van der Waals surface area (Å²) < 4.78 is 0. The highest BCUT2D eigenvalue weighted by atomic mass is 16.2. The van der Waals surface area contributed by atoms with E-state index in [4.69, 9.17) is 0 Å². The molecule has 1 saturated carbocycles. The molecule has 2 aliphatic heterocycles. The molecule has 0 bridgehead atoms. The minimum atomic E-state index is -0.657.